The molecule has 0 saturated heterocycles. The number of pyridine rings is 1. The molecule has 1 aromatic carbocycles. The molecular weight excluding hydrogens is 272 g/mol. The number of nitro benzene ring substituents is 1. The Kier molecular flexibility index (Phi) is 4.13. The maximum atomic E-state index is 12.5. The van der Waals surface area contributed by atoms with Gasteiger partial charge in [-0.3, -0.25) is 19.9 Å². The summed E-state index contributed by atoms with van der Waals surface area (Å²) in [6, 6.07) is 7.99. The largest absolute Gasteiger partial charge is 0.383 e. The lowest BCUT2D eigenvalue weighted by Crippen LogP contribution is -2.27. The van der Waals surface area contributed by atoms with Crippen molar-refractivity contribution in [3.05, 3.63) is 58.4 Å². The summed E-state index contributed by atoms with van der Waals surface area (Å²) in [4.78, 5) is 28.5. The first-order valence-electron chi connectivity index (χ1n) is 6.19. The fourth-order valence-corrected chi connectivity index (χ4v) is 1.96. The number of amides is 1. The Morgan fingerprint density at radius 1 is 1.33 bits per heavy atom. The van der Waals surface area contributed by atoms with Crippen LogP contribution in [-0.2, 0) is 0 Å². The summed E-state index contributed by atoms with van der Waals surface area (Å²) in [6.45, 7) is 0. The van der Waals surface area contributed by atoms with Crippen LogP contribution in [-0.4, -0.2) is 29.9 Å². The zero-order chi connectivity index (χ0) is 15.4. The molecule has 0 aliphatic carbocycles. The van der Waals surface area contributed by atoms with E-state index in [9.17, 15) is 14.9 Å². The lowest BCUT2D eigenvalue weighted by molar-refractivity contribution is -0.384. The molecule has 1 N–H and O–H groups in total. The summed E-state index contributed by atoms with van der Waals surface area (Å²) in [6.07, 6.45) is 3.11. The van der Waals surface area contributed by atoms with Gasteiger partial charge in [-0.2, -0.15) is 0 Å². The second-order valence-corrected chi connectivity index (χ2v) is 4.28. The van der Waals surface area contributed by atoms with Crippen LogP contribution in [0.25, 0.3) is 0 Å². The van der Waals surface area contributed by atoms with Crippen LogP contribution in [0.1, 0.15) is 10.4 Å². The van der Waals surface area contributed by atoms with Crippen LogP contribution in [0.2, 0.25) is 0 Å². The first-order chi connectivity index (χ1) is 10.1. The predicted molar refractivity (Wildman–Crippen MR) is 79.6 cm³/mol. The monoisotopic (exact) mass is 286 g/mol. The van der Waals surface area contributed by atoms with E-state index in [4.69, 9.17) is 0 Å². The zero-order valence-corrected chi connectivity index (χ0v) is 11.6. The van der Waals surface area contributed by atoms with Crippen molar-refractivity contribution in [3.8, 4) is 0 Å². The molecule has 0 aliphatic heterocycles. The van der Waals surface area contributed by atoms with Crippen LogP contribution in [0.15, 0.2) is 42.7 Å². The molecule has 0 unspecified atom stereocenters. The van der Waals surface area contributed by atoms with Crippen LogP contribution in [0.5, 0.6) is 0 Å². The summed E-state index contributed by atoms with van der Waals surface area (Å²) >= 11 is 0. The number of nitrogens with one attached hydrogen (secondary N) is 1. The highest BCUT2D eigenvalue weighted by atomic mass is 16.6. The maximum Gasteiger partial charge on any atom is 0.305 e. The van der Waals surface area contributed by atoms with Crippen molar-refractivity contribution in [1.29, 1.82) is 0 Å². The number of hydrogen-bond donors (Lipinski definition) is 1. The van der Waals surface area contributed by atoms with Crippen LogP contribution in [0.3, 0.4) is 0 Å². The molecule has 108 valence electrons. The van der Waals surface area contributed by atoms with Gasteiger partial charge in [0, 0.05) is 20.3 Å². The summed E-state index contributed by atoms with van der Waals surface area (Å²) < 4.78 is 0. The molecule has 1 amide bonds. The predicted octanol–water partition coefficient (Wildman–Crippen LogP) is 2.31. The average Bonchev–Trinajstić information content (AvgIpc) is 2.53. The molecule has 2 aromatic rings. The third-order valence-corrected chi connectivity index (χ3v) is 3.06. The van der Waals surface area contributed by atoms with Gasteiger partial charge in [-0.05, 0) is 24.3 Å². The number of rotatable bonds is 4. The third-order valence-electron chi connectivity index (χ3n) is 3.06. The minimum Gasteiger partial charge on any atom is -0.383 e. The quantitative estimate of drug-likeness (QED) is 0.688. The molecule has 0 radical (unpaired) electrons. The van der Waals surface area contributed by atoms with Gasteiger partial charge >= 0.3 is 5.69 Å². The number of carbonyl (C=O) groups is 1. The lowest BCUT2D eigenvalue weighted by Gasteiger charge is -2.17. The second-order valence-electron chi connectivity index (χ2n) is 4.28. The molecule has 0 atom stereocenters. The average molecular weight is 286 g/mol. The fraction of sp³-hybridized carbons (Fsp3) is 0.143. The minimum atomic E-state index is -0.559. The zero-order valence-electron chi connectivity index (χ0n) is 11.6. The highest BCUT2D eigenvalue weighted by molar-refractivity contribution is 6.09. The Morgan fingerprint density at radius 3 is 2.67 bits per heavy atom. The number of para-hydroxylation sites is 1. The molecule has 7 nitrogen and oxygen atoms in total. The number of aromatic nitrogens is 1. The molecule has 21 heavy (non-hydrogen) atoms. The van der Waals surface area contributed by atoms with Crippen molar-refractivity contribution in [2.75, 3.05) is 24.3 Å². The first kappa shape index (κ1) is 14.4. The van der Waals surface area contributed by atoms with E-state index in [-0.39, 0.29) is 11.3 Å². The second kappa shape index (κ2) is 6.00. The normalized spacial score (nSPS) is 10.0. The number of nitro groups is 1. The van der Waals surface area contributed by atoms with E-state index in [0.29, 0.717) is 11.4 Å². The number of hydrogen-bond acceptors (Lipinski definition) is 5. The minimum absolute atomic E-state index is 0.0261. The highest BCUT2D eigenvalue weighted by Crippen LogP contribution is 2.29. The molecule has 0 spiro atoms. The number of carbonyl (C=O) groups excluding carboxylic acids is 1. The molecule has 2 rings (SSSR count). The van der Waals surface area contributed by atoms with Gasteiger partial charge in [0.05, 0.1) is 16.8 Å². The van der Waals surface area contributed by atoms with Crippen LogP contribution in [0, 0.1) is 10.1 Å². The van der Waals surface area contributed by atoms with Gasteiger partial charge in [0.2, 0.25) is 0 Å². The molecule has 0 aliphatic rings. The topological polar surface area (TPSA) is 88.4 Å². The third kappa shape index (κ3) is 2.81. The van der Waals surface area contributed by atoms with Gasteiger partial charge in [-0.25, -0.2) is 0 Å². The molecule has 0 bridgehead atoms. The van der Waals surface area contributed by atoms with E-state index in [1.807, 2.05) is 0 Å². The smallest absolute Gasteiger partial charge is 0.305 e. The number of anilines is 2. The van der Waals surface area contributed by atoms with Crippen molar-refractivity contribution < 1.29 is 9.72 Å². The Hall–Kier alpha value is -2.96. The molecule has 0 saturated carbocycles. The van der Waals surface area contributed by atoms with E-state index in [1.165, 1.54) is 17.2 Å². The molecule has 1 aromatic heterocycles. The van der Waals surface area contributed by atoms with Crippen LogP contribution >= 0.6 is 0 Å². The molecule has 7 heteroatoms. The van der Waals surface area contributed by atoms with Crippen LogP contribution in [0.4, 0.5) is 17.1 Å². The van der Waals surface area contributed by atoms with Gasteiger partial charge in [0.1, 0.15) is 11.3 Å². The van der Waals surface area contributed by atoms with Crippen molar-refractivity contribution in [2.24, 2.45) is 0 Å². The van der Waals surface area contributed by atoms with Gasteiger partial charge in [-0.15, -0.1) is 0 Å². The van der Waals surface area contributed by atoms with Crippen molar-refractivity contribution in [3.63, 3.8) is 0 Å². The Labute approximate surface area is 121 Å². The van der Waals surface area contributed by atoms with Crippen molar-refractivity contribution >= 4 is 23.0 Å². The highest BCUT2D eigenvalue weighted by Gasteiger charge is 2.26. The van der Waals surface area contributed by atoms with Gasteiger partial charge < -0.3 is 10.2 Å². The number of benzene rings is 1. The van der Waals surface area contributed by atoms with Gasteiger partial charge in [0.25, 0.3) is 5.91 Å². The number of nitrogens with zero attached hydrogens (tertiary/aromatic N) is 3. The summed E-state index contributed by atoms with van der Waals surface area (Å²) in [5.74, 6) is -0.466. The molecular formula is C14H14N4O3. The summed E-state index contributed by atoms with van der Waals surface area (Å²) in [5.41, 5.74) is 0.649. The SMILES string of the molecule is CNc1cccc(C(=O)N(C)c2cccnc2)c1[N+](=O)[O-]. The standard InChI is InChI=1S/C14H14N4O3/c1-15-12-7-3-6-11(13(12)18(20)21)14(19)17(2)10-5-4-8-16-9-10/h3-9,15H,1-2H3. The van der Waals surface area contributed by atoms with Crippen molar-refractivity contribution in [1.82, 2.24) is 4.98 Å². The summed E-state index contributed by atoms with van der Waals surface area (Å²) in [5, 5.41) is 14.0. The Balaban J connectivity index is 2.47. The Morgan fingerprint density at radius 2 is 2.10 bits per heavy atom. The first-order valence-corrected chi connectivity index (χ1v) is 6.19. The fourth-order valence-electron chi connectivity index (χ4n) is 1.96. The van der Waals surface area contributed by atoms with E-state index in [0.717, 1.165) is 0 Å². The Bertz CT molecular complexity index is 673. The van der Waals surface area contributed by atoms with E-state index in [1.54, 1.807) is 44.6 Å². The van der Waals surface area contributed by atoms with E-state index < -0.39 is 10.8 Å². The van der Waals surface area contributed by atoms with Gasteiger partial charge in [-0.1, -0.05) is 6.07 Å². The maximum absolute atomic E-state index is 12.5. The molecule has 0 fully saturated rings. The summed E-state index contributed by atoms with van der Waals surface area (Å²) in [7, 11) is 3.12. The van der Waals surface area contributed by atoms with E-state index in [2.05, 4.69) is 10.3 Å². The van der Waals surface area contributed by atoms with Crippen molar-refractivity contribution in [2.45, 2.75) is 0 Å². The van der Waals surface area contributed by atoms with Crippen LogP contribution < -0.4 is 10.2 Å². The van der Waals surface area contributed by atoms with E-state index >= 15 is 0 Å². The lowest BCUT2D eigenvalue weighted by atomic mass is 10.1. The molecule has 1 heterocycles. The van der Waals surface area contributed by atoms with Gasteiger partial charge in [0.15, 0.2) is 0 Å².